The summed E-state index contributed by atoms with van der Waals surface area (Å²) < 4.78 is 0. The first kappa shape index (κ1) is 10.7. The van der Waals surface area contributed by atoms with Crippen LogP contribution in [-0.2, 0) is 0 Å². The van der Waals surface area contributed by atoms with Crippen LogP contribution >= 0.6 is 21.6 Å². The van der Waals surface area contributed by atoms with Crippen molar-refractivity contribution in [2.75, 3.05) is 18.1 Å². The first-order chi connectivity index (χ1) is 4.77. The molecular weight excluding hydrogens is 162 g/mol. The van der Waals surface area contributed by atoms with Crippen LogP contribution in [0.25, 0.3) is 0 Å². The molecule has 0 fully saturated rings. The summed E-state index contributed by atoms with van der Waals surface area (Å²) in [6.45, 7) is 5.32. The van der Waals surface area contributed by atoms with Gasteiger partial charge in [0, 0.05) is 18.1 Å². The Morgan fingerprint density at radius 3 is 2.30 bits per heavy atom. The Balaban J connectivity index is 2.77. The van der Waals surface area contributed by atoms with E-state index in [0.29, 0.717) is 0 Å². The highest BCUT2D eigenvalue weighted by Crippen LogP contribution is 2.22. The monoisotopic (exact) mass is 179 g/mol. The molecule has 0 aromatic carbocycles. The molecule has 0 atom stereocenters. The van der Waals surface area contributed by atoms with Crippen molar-refractivity contribution < 1.29 is 0 Å². The zero-order valence-corrected chi connectivity index (χ0v) is 8.43. The largest absolute Gasteiger partial charge is 0.330 e. The van der Waals surface area contributed by atoms with E-state index in [0.717, 1.165) is 18.2 Å². The SMILES string of the molecule is CC(C)CCSSCCN. The van der Waals surface area contributed by atoms with Crippen molar-refractivity contribution in [1.82, 2.24) is 0 Å². The van der Waals surface area contributed by atoms with Crippen LogP contribution in [0.2, 0.25) is 0 Å². The zero-order chi connectivity index (χ0) is 7.82. The molecule has 0 aliphatic heterocycles. The molecule has 2 N–H and O–H groups in total. The van der Waals surface area contributed by atoms with E-state index in [9.17, 15) is 0 Å². The summed E-state index contributed by atoms with van der Waals surface area (Å²) in [5.74, 6) is 3.19. The van der Waals surface area contributed by atoms with E-state index in [4.69, 9.17) is 5.73 Å². The van der Waals surface area contributed by atoms with Crippen LogP contribution in [0.4, 0.5) is 0 Å². The predicted molar refractivity (Wildman–Crippen MR) is 53.4 cm³/mol. The zero-order valence-electron chi connectivity index (χ0n) is 6.80. The van der Waals surface area contributed by atoms with Crippen molar-refractivity contribution >= 4 is 21.6 Å². The quantitative estimate of drug-likeness (QED) is 0.501. The molecule has 0 heterocycles. The number of rotatable bonds is 6. The van der Waals surface area contributed by atoms with Gasteiger partial charge in [-0.2, -0.15) is 0 Å². The van der Waals surface area contributed by atoms with Crippen LogP contribution in [-0.4, -0.2) is 18.1 Å². The molecule has 0 aromatic heterocycles. The Hall–Kier alpha value is 0.660. The van der Waals surface area contributed by atoms with Crippen molar-refractivity contribution in [1.29, 1.82) is 0 Å². The fourth-order valence-corrected chi connectivity index (χ4v) is 2.63. The van der Waals surface area contributed by atoms with Crippen LogP contribution in [0.3, 0.4) is 0 Å². The lowest BCUT2D eigenvalue weighted by atomic mass is 10.2. The minimum Gasteiger partial charge on any atom is -0.330 e. The van der Waals surface area contributed by atoms with Crippen LogP contribution in [0.15, 0.2) is 0 Å². The smallest absolute Gasteiger partial charge is 0.0160 e. The van der Waals surface area contributed by atoms with E-state index in [1.54, 1.807) is 0 Å². The summed E-state index contributed by atoms with van der Waals surface area (Å²) in [6.07, 6.45) is 1.32. The van der Waals surface area contributed by atoms with E-state index in [1.165, 1.54) is 12.2 Å². The van der Waals surface area contributed by atoms with Crippen molar-refractivity contribution in [3.05, 3.63) is 0 Å². The van der Waals surface area contributed by atoms with Crippen LogP contribution in [0, 0.1) is 5.92 Å². The van der Waals surface area contributed by atoms with Crippen molar-refractivity contribution in [2.24, 2.45) is 11.7 Å². The van der Waals surface area contributed by atoms with Gasteiger partial charge < -0.3 is 5.73 Å². The lowest BCUT2D eigenvalue weighted by molar-refractivity contribution is 0.633. The molecule has 0 radical (unpaired) electrons. The Labute approximate surface area is 71.9 Å². The third-order valence-corrected chi connectivity index (χ3v) is 3.53. The Bertz CT molecular complexity index is 66.6. The minimum atomic E-state index is 0.805. The van der Waals surface area contributed by atoms with Gasteiger partial charge in [-0.3, -0.25) is 0 Å². The number of hydrogen-bond donors (Lipinski definition) is 1. The molecule has 0 spiro atoms. The summed E-state index contributed by atoms with van der Waals surface area (Å²) >= 11 is 0. The first-order valence-electron chi connectivity index (χ1n) is 3.72. The van der Waals surface area contributed by atoms with Crippen LogP contribution in [0.1, 0.15) is 20.3 Å². The second-order valence-electron chi connectivity index (χ2n) is 2.62. The summed E-state index contributed by atoms with van der Waals surface area (Å²) in [7, 11) is 3.83. The summed E-state index contributed by atoms with van der Waals surface area (Å²) in [6, 6.07) is 0. The second kappa shape index (κ2) is 7.76. The molecule has 0 saturated carbocycles. The fourth-order valence-electron chi connectivity index (χ4n) is 0.450. The van der Waals surface area contributed by atoms with Gasteiger partial charge in [0.2, 0.25) is 0 Å². The Morgan fingerprint density at radius 1 is 1.20 bits per heavy atom. The molecule has 0 amide bonds. The summed E-state index contributed by atoms with van der Waals surface area (Å²) in [5, 5.41) is 0. The predicted octanol–water partition coefficient (Wildman–Crippen LogP) is 2.37. The Kier molecular flexibility index (Phi) is 8.28. The van der Waals surface area contributed by atoms with E-state index < -0.39 is 0 Å². The van der Waals surface area contributed by atoms with Gasteiger partial charge in [0.15, 0.2) is 0 Å². The highest BCUT2D eigenvalue weighted by atomic mass is 33.1. The molecule has 10 heavy (non-hydrogen) atoms. The molecule has 0 rings (SSSR count). The van der Waals surface area contributed by atoms with Crippen molar-refractivity contribution in [3.63, 3.8) is 0 Å². The highest BCUT2D eigenvalue weighted by Gasteiger charge is 1.93. The van der Waals surface area contributed by atoms with Gasteiger partial charge in [0.1, 0.15) is 0 Å². The average molecular weight is 179 g/mol. The molecular formula is C7H17NS2. The summed E-state index contributed by atoms with van der Waals surface area (Å²) in [5.41, 5.74) is 5.34. The standard InChI is InChI=1S/C7H17NS2/c1-7(2)3-5-9-10-6-4-8/h7H,3-6,8H2,1-2H3. The van der Waals surface area contributed by atoms with E-state index >= 15 is 0 Å². The minimum absolute atomic E-state index is 0.805. The molecule has 0 saturated heterocycles. The number of nitrogens with two attached hydrogens (primary N) is 1. The third kappa shape index (κ3) is 8.66. The fraction of sp³-hybridized carbons (Fsp3) is 1.00. The van der Waals surface area contributed by atoms with E-state index in [1.807, 2.05) is 21.6 Å². The molecule has 62 valence electrons. The maximum Gasteiger partial charge on any atom is 0.0160 e. The van der Waals surface area contributed by atoms with Gasteiger partial charge >= 0.3 is 0 Å². The molecule has 3 heteroatoms. The topological polar surface area (TPSA) is 26.0 Å². The third-order valence-electron chi connectivity index (χ3n) is 1.06. The molecule has 0 unspecified atom stereocenters. The van der Waals surface area contributed by atoms with Gasteiger partial charge in [-0.05, 0) is 12.3 Å². The van der Waals surface area contributed by atoms with E-state index in [-0.39, 0.29) is 0 Å². The maximum atomic E-state index is 5.34. The van der Waals surface area contributed by atoms with Gasteiger partial charge in [-0.25, -0.2) is 0 Å². The van der Waals surface area contributed by atoms with Crippen molar-refractivity contribution in [2.45, 2.75) is 20.3 Å². The normalized spacial score (nSPS) is 10.8. The van der Waals surface area contributed by atoms with Gasteiger partial charge in [0.05, 0.1) is 0 Å². The average Bonchev–Trinajstić information content (AvgIpc) is 1.87. The van der Waals surface area contributed by atoms with Crippen molar-refractivity contribution in [3.8, 4) is 0 Å². The molecule has 0 bridgehead atoms. The molecule has 0 aliphatic carbocycles. The molecule has 0 aliphatic rings. The van der Waals surface area contributed by atoms with Crippen LogP contribution in [0.5, 0.6) is 0 Å². The lowest BCUT2D eigenvalue weighted by Crippen LogP contribution is -2.00. The second-order valence-corrected chi connectivity index (χ2v) is 5.32. The molecule has 0 aromatic rings. The lowest BCUT2D eigenvalue weighted by Gasteiger charge is -2.02. The highest BCUT2D eigenvalue weighted by molar-refractivity contribution is 8.76. The Morgan fingerprint density at radius 2 is 1.80 bits per heavy atom. The van der Waals surface area contributed by atoms with Gasteiger partial charge in [-0.15, -0.1) is 0 Å². The first-order valence-corrected chi connectivity index (χ1v) is 6.20. The van der Waals surface area contributed by atoms with Gasteiger partial charge in [0.25, 0.3) is 0 Å². The summed E-state index contributed by atoms with van der Waals surface area (Å²) in [4.78, 5) is 0. The number of hydrogen-bond acceptors (Lipinski definition) is 3. The maximum absolute atomic E-state index is 5.34. The van der Waals surface area contributed by atoms with Crippen LogP contribution < -0.4 is 5.73 Å². The molecule has 1 nitrogen and oxygen atoms in total. The van der Waals surface area contributed by atoms with Gasteiger partial charge in [-0.1, -0.05) is 35.4 Å². The van der Waals surface area contributed by atoms with E-state index in [2.05, 4.69) is 13.8 Å².